The molecule has 2 bridgehead atoms. The maximum Gasteiger partial charge on any atom is 0.206 e. The molecule has 5 aliphatic rings. The standard InChI is InChI=1S/C19H23NO4/c1-21-14-3-2-11-10-13-12-4-5-19(22-8-9-23-19)17-18(12,6-7-20-13)15(11)16(14)24-17/h2-3,12-13,17,20H,4-10H2,1H3/t12?,13?,17-,18+/m0/s1. The molecule has 4 atom stereocenters. The minimum Gasteiger partial charge on any atom is -0.493 e. The van der Waals surface area contributed by atoms with E-state index in [0.717, 1.165) is 43.7 Å². The van der Waals surface area contributed by atoms with Gasteiger partial charge in [-0.05, 0) is 43.4 Å². The number of fused-ring (bicyclic) bond motifs is 1. The molecule has 2 unspecified atom stereocenters. The molecule has 0 amide bonds. The zero-order chi connectivity index (χ0) is 15.9. The molecule has 5 heteroatoms. The van der Waals surface area contributed by atoms with E-state index in [1.807, 2.05) is 0 Å². The molecule has 3 aliphatic heterocycles. The summed E-state index contributed by atoms with van der Waals surface area (Å²) in [6.45, 7) is 2.37. The van der Waals surface area contributed by atoms with Gasteiger partial charge < -0.3 is 24.3 Å². The van der Waals surface area contributed by atoms with Crippen LogP contribution < -0.4 is 14.8 Å². The Morgan fingerprint density at radius 3 is 2.92 bits per heavy atom. The van der Waals surface area contributed by atoms with Crippen LogP contribution in [0, 0.1) is 5.92 Å². The van der Waals surface area contributed by atoms with Gasteiger partial charge in [-0.25, -0.2) is 0 Å². The van der Waals surface area contributed by atoms with Crippen molar-refractivity contribution >= 4 is 0 Å². The molecule has 1 saturated carbocycles. The van der Waals surface area contributed by atoms with Gasteiger partial charge in [-0.3, -0.25) is 0 Å². The van der Waals surface area contributed by atoms with Crippen molar-refractivity contribution in [2.45, 2.75) is 49.0 Å². The summed E-state index contributed by atoms with van der Waals surface area (Å²) in [6, 6.07) is 4.83. The summed E-state index contributed by atoms with van der Waals surface area (Å²) in [4.78, 5) is 0. The first-order chi connectivity index (χ1) is 11.8. The van der Waals surface area contributed by atoms with Crippen molar-refractivity contribution in [3.63, 3.8) is 0 Å². The third-order valence-corrected chi connectivity index (χ3v) is 7.11. The summed E-state index contributed by atoms with van der Waals surface area (Å²) < 4.78 is 24.7. The van der Waals surface area contributed by atoms with Crippen molar-refractivity contribution < 1.29 is 18.9 Å². The van der Waals surface area contributed by atoms with Crippen LogP contribution in [0.4, 0.5) is 0 Å². The number of benzene rings is 1. The Morgan fingerprint density at radius 2 is 2.08 bits per heavy atom. The molecule has 0 radical (unpaired) electrons. The fourth-order valence-electron chi connectivity index (χ4n) is 6.35. The smallest absolute Gasteiger partial charge is 0.206 e. The quantitative estimate of drug-likeness (QED) is 0.851. The minimum absolute atomic E-state index is 0.00988. The molecule has 1 aromatic carbocycles. The van der Waals surface area contributed by atoms with Gasteiger partial charge in [-0.2, -0.15) is 0 Å². The lowest BCUT2D eigenvalue weighted by Gasteiger charge is -2.58. The van der Waals surface area contributed by atoms with E-state index in [4.69, 9.17) is 18.9 Å². The molecular weight excluding hydrogens is 306 g/mol. The summed E-state index contributed by atoms with van der Waals surface area (Å²) in [7, 11) is 1.73. The Kier molecular flexibility index (Phi) is 2.58. The largest absolute Gasteiger partial charge is 0.493 e. The van der Waals surface area contributed by atoms with E-state index in [1.165, 1.54) is 11.1 Å². The highest BCUT2D eigenvalue weighted by molar-refractivity contribution is 5.61. The lowest BCUT2D eigenvalue weighted by atomic mass is 9.51. The van der Waals surface area contributed by atoms with Crippen LogP contribution in [-0.4, -0.2) is 44.8 Å². The first-order valence-electron chi connectivity index (χ1n) is 9.17. The number of methoxy groups -OCH3 is 1. The van der Waals surface area contributed by atoms with Crippen molar-refractivity contribution in [1.29, 1.82) is 0 Å². The molecule has 3 heterocycles. The Balaban J connectivity index is 1.63. The predicted molar refractivity (Wildman–Crippen MR) is 86.6 cm³/mol. The predicted octanol–water partition coefficient (Wildman–Crippen LogP) is 1.77. The van der Waals surface area contributed by atoms with Crippen molar-refractivity contribution in [2.24, 2.45) is 5.92 Å². The molecule has 0 aromatic heterocycles. The number of ether oxygens (including phenoxy) is 4. The van der Waals surface area contributed by atoms with Crippen LogP contribution >= 0.6 is 0 Å². The van der Waals surface area contributed by atoms with Gasteiger partial charge in [-0.1, -0.05) is 6.07 Å². The van der Waals surface area contributed by atoms with E-state index in [9.17, 15) is 0 Å². The van der Waals surface area contributed by atoms with E-state index in [0.29, 0.717) is 25.2 Å². The molecule has 2 saturated heterocycles. The highest BCUT2D eigenvalue weighted by Gasteiger charge is 2.70. The lowest BCUT2D eigenvalue weighted by molar-refractivity contribution is -0.256. The molecule has 128 valence electrons. The second-order valence-corrected chi connectivity index (χ2v) is 7.84. The first-order valence-corrected chi connectivity index (χ1v) is 9.17. The van der Waals surface area contributed by atoms with E-state index >= 15 is 0 Å². The van der Waals surface area contributed by atoms with Crippen molar-refractivity contribution in [1.82, 2.24) is 5.32 Å². The highest BCUT2D eigenvalue weighted by Crippen LogP contribution is 2.65. The topological polar surface area (TPSA) is 49.0 Å². The third-order valence-electron chi connectivity index (χ3n) is 7.11. The molecule has 3 fully saturated rings. The normalized spacial score (nSPS) is 40.3. The van der Waals surface area contributed by atoms with Gasteiger partial charge in [0.15, 0.2) is 17.6 Å². The Bertz CT molecular complexity index is 714. The number of hydrogen-bond acceptors (Lipinski definition) is 5. The summed E-state index contributed by atoms with van der Waals surface area (Å²) in [5.74, 6) is 1.82. The lowest BCUT2D eigenvalue weighted by Crippen LogP contribution is -2.69. The Hall–Kier alpha value is -1.30. The van der Waals surface area contributed by atoms with Crippen molar-refractivity contribution in [3.8, 4) is 11.5 Å². The summed E-state index contributed by atoms with van der Waals surface area (Å²) in [5.41, 5.74) is 2.82. The second-order valence-electron chi connectivity index (χ2n) is 7.84. The Labute approximate surface area is 141 Å². The van der Waals surface area contributed by atoms with E-state index in [-0.39, 0.29) is 11.5 Å². The van der Waals surface area contributed by atoms with Gasteiger partial charge in [-0.15, -0.1) is 0 Å². The average Bonchev–Trinajstić information content (AvgIpc) is 3.19. The van der Waals surface area contributed by atoms with E-state index in [2.05, 4.69) is 17.4 Å². The van der Waals surface area contributed by atoms with Crippen LogP contribution in [0.5, 0.6) is 11.5 Å². The van der Waals surface area contributed by atoms with Gasteiger partial charge in [0.2, 0.25) is 5.79 Å². The molecule has 2 aliphatic carbocycles. The van der Waals surface area contributed by atoms with E-state index in [1.54, 1.807) is 7.11 Å². The Morgan fingerprint density at radius 1 is 1.21 bits per heavy atom. The SMILES string of the molecule is COc1ccc2c3c1O[C@@H]1C4(CCC5C(C2)NCC[C@]351)OCCO4. The molecule has 2 spiro atoms. The molecule has 1 N–H and O–H groups in total. The van der Waals surface area contributed by atoms with Gasteiger partial charge in [0, 0.05) is 23.4 Å². The third kappa shape index (κ3) is 1.40. The van der Waals surface area contributed by atoms with Gasteiger partial charge in [0.1, 0.15) is 0 Å². The first kappa shape index (κ1) is 13.9. The molecule has 6 rings (SSSR count). The van der Waals surface area contributed by atoms with E-state index < -0.39 is 5.79 Å². The van der Waals surface area contributed by atoms with Crippen LogP contribution in [0.1, 0.15) is 30.4 Å². The fraction of sp³-hybridized carbons (Fsp3) is 0.684. The van der Waals surface area contributed by atoms with Crippen molar-refractivity contribution in [3.05, 3.63) is 23.3 Å². The summed E-state index contributed by atoms with van der Waals surface area (Å²) in [5, 5.41) is 3.77. The van der Waals surface area contributed by atoms with Crippen LogP contribution in [-0.2, 0) is 21.3 Å². The second kappa shape index (κ2) is 4.45. The van der Waals surface area contributed by atoms with Crippen LogP contribution in [0.2, 0.25) is 0 Å². The van der Waals surface area contributed by atoms with Crippen molar-refractivity contribution in [2.75, 3.05) is 26.9 Å². The number of nitrogens with one attached hydrogen (secondary N) is 1. The zero-order valence-corrected chi connectivity index (χ0v) is 14.0. The maximum atomic E-state index is 6.64. The molecule has 24 heavy (non-hydrogen) atoms. The minimum atomic E-state index is -0.572. The van der Waals surface area contributed by atoms with Gasteiger partial charge in [0.25, 0.3) is 0 Å². The molecule has 1 aromatic rings. The maximum absolute atomic E-state index is 6.64. The van der Waals surface area contributed by atoms with Crippen LogP contribution in [0.25, 0.3) is 0 Å². The summed E-state index contributed by atoms with van der Waals surface area (Å²) >= 11 is 0. The monoisotopic (exact) mass is 329 g/mol. The van der Waals surface area contributed by atoms with Gasteiger partial charge in [0.05, 0.1) is 20.3 Å². The van der Waals surface area contributed by atoms with Crippen LogP contribution in [0.3, 0.4) is 0 Å². The number of piperidine rings is 1. The highest BCUT2D eigenvalue weighted by atomic mass is 16.8. The number of hydrogen-bond donors (Lipinski definition) is 1. The fourth-order valence-corrected chi connectivity index (χ4v) is 6.35. The van der Waals surface area contributed by atoms with Gasteiger partial charge >= 0.3 is 0 Å². The number of rotatable bonds is 1. The van der Waals surface area contributed by atoms with Crippen LogP contribution in [0.15, 0.2) is 12.1 Å². The molecule has 5 nitrogen and oxygen atoms in total. The zero-order valence-electron chi connectivity index (χ0n) is 14.0. The average molecular weight is 329 g/mol. The molecular formula is C19H23NO4. The summed E-state index contributed by atoms with van der Waals surface area (Å²) in [6.07, 6.45) is 4.17.